The third kappa shape index (κ3) is 5.39. The first-order valence-electron chi connectivity index (χ1n) is 11.5. The van der Waals surface area contributed by atoms with Gasteiger partial charge in [0, 0.05) is 12.5 Å². The third-order valence-electron chi connectivity index (χ3n) is 6.49. The van der Waals surface area contributed by atoms with E-state index >= 15 is 0 Å². The number of benzene rings is 2. The van der Waals surface area contributed by atoms with Gasteiger partial charge in [-0.2, -0.15) is 0 Å². The Bertz CT molecular complexity index is 1020. The molecule has 0 heterocycles. The Kier molecular flexibility index (Phi) is 7.61. The van der Waals surface area contributed by atoms with Crippen LogP contribution in [-0.2, 0) is 14.3 Å². The van der Waals surface area contributed by atoms with Gasteiger partial charge in [0.1, 0.15) is 12.1 Å². The Hall–Kier alpha value is -3.39. The summed E-state index contributed by atoms with van der Waals surface area (Å²) in [5.41, 5.74) is 1.56. The van der Waals surface area contributed by atoms with Crippen LogP contribution in [0, 0.1) is 0 Å². The molecule has 34 heavy (non-hydrogen) atoms. The first-order valence-corrected chi connectivity index (χ1v) is 11.5. The van der Waals surface area contributed by atoms with E-state index in [9.17, 15) is 19.5 Å². The maximum Gasteiger partial charge on any atom is 0.408 e. The fourth-order valence-corrected chi connectivity index (χ4v) is 4.46. The van der Waals surface area contributed by atoms with Crippen LogP contribution in [0.25, 0.3) is 11.1 Å². The Morgan fingerprint density at radius 2 is 1.50 bits per heavy atom. The lowest BCUT2D eigenvalue weighted by Crippen LogP contribution is -2.60. The number of nitrogens with one attached hydrogen (secondary N) is 2. The molecule has 0 saturated heterocycles. The summed E-state index contributed by atoms with van der Waals surface area (Å²) in [7, 11) is 0. The minimum Gasteiger partial charge on any atom is -0.481 e. The largest absolute Gasteiger partial charge is 0.481 e. The second-order valence-electron chi connectivity index (χ2n) is 8.99. The highest BCUT2D eigenvalue weighted by molar-refractivity contribution is 5.90. The second-order valence-corrected chi connectivity index (χ2v) is 8.99. The van der Waals surface area contributed by atoms with E-state index in [1.807, 2.05) is 36.4 Å². The molecule has 0 spiro atoms. The van der Waals surface area contributed by atoms with E-state index in [-0.39, 0.29) is 19.1 Å². The summed E-state index contributed by atoms with van der Waals surface area (Å²) in [6.07, 6.45) is -0.641. The third-order valence-corrected chi connectivity index (χ3v) is 6.49. The molecule has 2 amide bonds. The van der Waals surface area contributed by atoms with Crippen molar-refractivity contribution < 1.29 is 29.3 Å². The van der Waals surface area contributed by atoms with E-state index in [0.29, 0.717) is 12.8 Å². The monoisotopic (exact) mass is 468 g/mol. The van der Waals surface area contributed by atoms with Crippen LogP contribution in [0.1, 0.15) is 57.1 Å². The molecule has 1 aliphatic rings. The van der Waals surface area contributed by atoms with Crippen LogP contribution in [0.3, 0.4) is 0 Å². The van der Waals surface area contributed by atoms with Crippen LogP contribution in [0.2, 0.25) is 0 Å². The predicted molar refractivity (Wildman–Crippen MR) is 127 cm³/mol. The van der Waals surface area contributed by atoms with Crippen molar-refractivity contribution in [2.24, 2.45) is 0 Å². The SMILES string of the molecule is CCC(CC)(NC(=O)OCC1c2ccccc2-c2ccccc21)C(=O)NCC(C)(O)CC(=O)O. The average molecular weight is 469 g/mol. The van der Waals surface area contributed by atoms with Crippen molar-refractivity contribution in [3.05, 3.63) is 59.7 Å². The van der Waals surface area contributed by atoms with Gasteiger partial charge in [-0.3, -0.25) is 9.59 Å². The van der Waals surface area contributed by atoms with Gasteiger partial charge in [0.2, 0.25) is 5.91 Å². The van der Waals surface area contributed by atoms with Crippen LogP contribution in [0.4, 0.5) is 4.79 Å². The Balaban J connectivity index is 1.66. The van der Waals surface area contributed by atoms with Crippen LogP contribution in [0.15, 0.2) is 48.5 Å². The summed E-state index contributed by atoms with van der Waals surface area (Å²) in [6.45, 7) is 4.73. The van der Waals surface area contributed by atoms with Crippen molar-refractivity contribution in [1.82, 2.24) is 10.6 Å². The predicted octanol–water partition coefficient (Wildman–Crippen LogP) is 3.43. The van der Waals surface area contributed by atoms with Gasteiger partial charge in [0.15, 0.2) is 0 Å². The van der Waals surface area contributed by atoms with Gasteiger partial charge >= 0.3 is 12.1 Å². The highest BCUT2D eigenvalue weighted by Crippen LogP contribution is 2.44. The number of carbonyl (C=O) groups is 3. The summed E-state index contributed by atoms with van der Waals surface area (Å²) in [5, 5.41) is 24.4. The summed E-state index contributed by atoms with van der Waals surface area (Å²) < 4.78 is 5.59. The van der Waals surface area contributed by atoms with Gasteiger partial charge in [0.05, 0.1) is 12.0 Å². The number of carboxylic acid groups (broad SMARTS) is 1. The summed E-state index contributed by atoms with van der Waals surface area (Å²) >= 11 is 0. The smallest absolute Gasteiger partial charge is 0.408 e. The molecule has 0 aromatic heterocycles. The molecule has 182 valence electrons. The van der Waals surface area contributed by atoms with Crippen LogP contribution in [-0.4, -0.2) is 52.5 Å². The van der Waals surface area contributed by atoms with Crippen molar-refractivity contribution >= 4 is 18.0 Å². The normalized spacial score (nSPS) is 14.5. The minimum absolute atomic E-state index is 0.101. The molecule has 8 heteroatoms. The number of amides is 2. The first-order chi connectivity index (χ1) is 16.1. The van der Waals surface area contributed by atoms with E-state index in [2.05, 4.69) is 22.8 Å². The molecule has 1 unspecified atom stereocenters. The number of hydrogen-bond donors (Lipinski definition) is 4. The molecule has 2 aromatic carbocycles. The average Bonchev–Trinajstić information content (AvgIpc) is 3.13. The molecular weight excluding hydrogens is 436 g/mol. The zero-order valence-electron chi connectivity index (χ0n) is 19.8. The fraction of sp³-hybridized carbons (Fsp3) is 0.423. The molecule has 8 nitrogen and oxygen atoms in total. The van der Waals surface area contributed by atoms with Crippen molar-refractivity contribution in [2.75, 3.05) is 13.2 Å². The van der Waals surface area contributed by atoms with Crippen molar-refractivity contribution in [3.8, 4) is 11.1 Å². The van der Waals surface area contributed by atoms with Crippen LogP contribution >= 0.6 is 0 Å². The molecule has 1 atom stereocenters. The number of alkyl carbamates (subject to hydrolysis) is 1. The lowest BCUT2D eigenvalue weighted by atomic mass is 9.91. The van der Waals surface area contributed by atoms with Crippen LogP contribution in [0.5, 0.6) is 0 Å². The highest BCUT2D eigenvalue weighted by atomic mass is 16.5. The molecular formula is C26H32N2O6. The molecule has 0 aliphatic heterocycles. The number of carboxylic acids is 1. The van der Waals surface area contributed by atoms with Gasteiger partial charge < -0.3 is 25.6 Å². The van der Waals surface area contributed by atoms with Crippen molar-refractivity contribution in [3.63, 3.8) is 0 Å². The number of carbonyl (C=O) groups excluding carboxylic acids is 2. The van der Waals surface area contributed by atoms with Gasteiger partial charge in [-0.1, -0.05) is 62.4 Å². The maximum absolute atomic E-state index is 12.9. The summed E-state index contributed by atoms with van der Waals surface area (Å²) in [5.74, 6) is -1.78. The number of ether oxygens (including phenoxy) is 1. The van der Waals surface area contributed by atoms with E-state index in [1.165, 1.54) is 6.92 Å². The zero-order chi connectivity index (χ0) is 24.9. The molecule has 0 saturated carbocycles. The second kappa shape index (κ2) is 10.3. The van der Waals surface area contributed by atoms with Gasteiger partial charge in [-0.15, -0.1) is 0 Å². The number of aliphatic hydroxyl groups is 1. The first kappa shape index (κ1) is 25.2. The van der Waals surface area contributed by atoms with Gasteiger partial charge in [0.25, 0.3) is 0 Å². The Morgan fingerprint density at radius 1 is 0.971 bits per heavy atom. The standard InChI is InChI=1S/C26H32N2O6/c1-4-26(5-2,23(31)27-16-25(3,33)14-22(29)30)28-24(32)34-15-21-19-12-8-6-10-17(19)18-11-7-9-13-20(18)21/h6-13,21,33H,4-5,14-16H2,1-3H3,(H,27,31)(H,28,32)(H,29,30). The maximum atomic E-state index is 12.9. The van der Waals surface area contributed by atoms with Crippen LogP contribution < -0.4 is 10.6 Å². The van der Waals surface area contributed by atoms with Crippen molar-refractivity contribution in [1.29, 1.82) is 0 Å². The molecule has 2 aromatic rings. The molecule has 3 rings (SSSR count). The molecule has 0 bridgehead atoms. The Labute approximate surface area is 199 Å². The van der Waals surface area contributed by atoms with E-state index in [4.69, 9.17) is 9.84 Å². The Morgan fingerprint density at radius 3 is 2.00 bits per heavy atom. The van der Waals surface area contributed by atoms with Gasteiger partial charge in [-0.05, 0) is 42.0 Å². The molecule has 0 radical (unpaired) electrons. The summed E-state index contributed by atoms with van der Waals surface area (Å²) in [4.78, 5) is 36.6. The number of hydrogen-bond acceptors (Lipinski definition) is 5. The van der Waals surface area contributed by atoms with E-state index < -0.39 is 35.5 Å². The molecule has 1 aliphatic carbocycles. The van der Waals surface area contributed by atoms with Crippen molar-refractivity contribution in [2.45, 2.75) is 57.1 Å². The number of rotatable bonds is 10. The molecule has 4 N–H and O–H groups in total. The van der Waals surface area contributed by atoms with E-state index in [0.717, 1.165) is 22.3 Å². The zero-order valence-corrected chi connectivity index (χ0v) is 19.8. The minimum atomic E-state index is -1.61. The topological polar surface area (TPSA) is 125 Å². The molecule has 0 fully saturated rings. The number of aliphatic carboxylic acids is 1. The lowest BCUT2D eigenvalue weighted by Gasteiger charge is -2.32. The number of fused-ring (bicyclic) bond motifs is 3. The quantitative estimate of drug-likeness (QED) is 0.423. The van der Waals surface area contributed by atoms with Gasteiger partial charge in [-0.25, -0.2) is 4.79 Å². The lowest BCUT2D eigenvalue weighted by molar-refractivity contribution is -0.142. The highest BCUT2D eigenvalue weighted by Gasteiger charge is 2.39. The summed E-state index contributed by atoms with van der Waals surface area (Å²) in [6, 6.07) is 16.0. The van der Waals surface area contributed by atoms with E-state index in [1.54, 1.807) is 13.8 Å². The fourth-order valence-electron chi connectivity index (χ4n) is 4.46.